The molecule has 0 bridgehead atoms. The molecular weight excluding hydrogens is 849 g/mol. The number of nitrogens with zero attached hydrogens (tertiary/aromatic N) is 2. The minimum absolute atomic E-state index is 0. The van der Waals surface area contributed by atoms with E-state index >= 15 is 0 Å². The predicted molar refractivity (Wildman–Crippen MR) is 227 cm³/mol. The second-order valence-electron chi connectivity index (χ2n) is 15.8. The third-order valence-corrected chi connectivity index (χ3v) is 9.92. The second kappa shape index (κ2) is 16.4. The average molecular weight is 918 g/mol. The normalized spacial score (nSPS) is 20.1. The summed E-state index contributed by atoms with van der Waals surface area (Å²) < 4.78 is 128. The number of fused-ring (bicyclic) bond motifs is 3. The molecular formula is C51H54IrN2O-2. The van der Waals surface area contributed by atoms with Crippen LogP contribution in [-0.2, 0) is 26.5 Å². The second-order valence-corrected chi connectivity index (χ2v) is 15.8. The van der Waals surface area contributed by atoms with Crippen LogP contribution in [0.5, 0.6) is 0 Å². The number of aromatic nitrogens is 2. The van der Waals surface area contributed by atoms with E-state index in [1.807, 2.05) is 20.8 Å². The van der Waals surface area contributed by atoms with Gasteiger partial charge in [0.25, 0.3) is 0 Å². The fourth-order valence-corrected chi connectivity index (χ4v) is 6.93. The van der Waals surface area contributed by atoms with Gasteiger partial charge in [0, 0.05) is 58.4 Å². The molecule has 1 radical (unpaired) electrons. The molecule has 0 atom stereocenters. The van der Waals surface area contributed by atoms with E-state index in [9.17, 15) is 1.37 Å². The van der Waals surface area contributed by atoms with E-state index in [-0.39, 0.29) is 70.2 Å². The Bertz CT molecular complexity index is 2990. The van der Waals surface area contributed by atoms with Crippen molar-refractivity contribution in [1.29, 1.82) is 0 Å². The number of benzene rings is 4. The fraction of sp³-hybridized carbons (Fsp3) is 0.333. The van der Waals surface area contributed by atoms with E-state index in [1.165, 1.54) is 30.6 Å². The SMILES string of the molecule is [2H]C([2H])([2H])c1c[c-]c(-c2ccc(C([2H])([2H])C(C)(C)C)cn2)cc1.[2H]C([2H])([2H])c1cnc(-c2[c-]ccc3c2oc2c(C([2H])([2H])[2H])cccc23)cc1-c1ccc(C2([2H])CCC(C)(C)CC2)cc1C([2H])([2H])[2H].[Ir]. The molecule has 0 spiro atoms. The monoisotopic (exact) mass is 918 g/mol. The van der Waals surface area contributed by atoms with Crippen LogP contribution >= 0.6 is 0 Å². The Morgan fingerprint density at radius 3 is 2.27 bits per heavy atom. The van der Waals surface area contributed by atoms with Gasteiger partial charge in [-0.1, -0.05) is 107 Å². The minimum Gasteiger partial charge on any atom is -0.500 e. The maximum absolute atomic E-state index is 9.25. The van der Waals surface area contributed by atoms with Gasteiger partial charge in [-0.15, -0.1) is 53.6 Å². The van der Waals surface area contributed by atoms with E-state index in [2.05, 4.69) is 35.9 Å². The first-order valence-electron chi connectivity index (χ1n) is 25.7. The Labute approximate surface area is 363 Å². The molecule has 4 aromatic carbocycles. The summed E-state index contributed by atoms with van der Waals surface area (Å²) in [6.45, 7) is 0.144. The molecule has 285 valence electrons. The molecule has 0 aliphatic heterocycles. The number of pyridine rings is 2. The van der Waals surface area contributed by atoms with Gasteiger partial charge in [-0.25, -0.2) is 0 Å². The minimum atomic E-state index is -2.61. The molecule has 0 unspecified atom stereocenters. The van der Waals surface area contributed by atoms with Gasteiger partial charge >= 0.3 is 0 Å². The van der Waals surface area contributed by atoms with Gasteiger partial charge in [-0.3, -0.25) is 0 Å². The van der Waals surface area contributed by atoms with Crippen molar-refractivity contribution >= 4 is 21.9 Å². The quantitative estimate of drug-likeness (QED) is 0.162. The zero-order chi connectivity index (χ0) is 50.9. The van der Waals surface area contributed by atoms with Crippen molar-refractivity contribution in [1.82, 2.24) is 9.97 Å². The molecule has 1 aliphatic rings. The van der Waals surface area contributed by atoms with Crippen LogP contribution in [0.2, 0.25) is 0 Å². The number of hydrogen-bond acceptors (Lipinski definition) is 3. The van der Waals surface area contributed by atoms with Gasteiger partial charge in [0.15, 0.2) is 0 Å². The molecule has 0 N–H and O–H groups in total. The summed E-state index contributed by atoms with van der Waals surface area (Å²) in [7, 11) is 0. The molecule has 4 heteroatoms. The molecule has 0 amide bonds. The molecule has 3 aromatic heterocycles. The molecule has 8 rings (SSSR count). The predicted octanol–water partition coefficient (Wildman–Crippen LogP) is 14.2. The first-order chi connectivity index (χ1) is 31.7. The van der Waals surface area contributed by atoms with Gasteiger partial charge < -0.3 is 14.4 Å². The number of aryl methyl sites for hydroxylation is 4. The maximum atomic E-state index is 9.25. The van der Waals surface area contributed by atoms with Crippen LogP contribution in [0, 0.1) is 50.4 Å². The molecule has 55 heavy (non-hydrogen) atoms. The Morgan fingerprint density at radius 1 is 0.800 bits per heavy atom. The summed E-state index contributed by atoms with van der Waals surface area (Å²) in [5.74, 6) is -0.941. The Balaban J connectivity index is 0.000000282. The van der Waals surface area contributed by atoms with Crippen molar-refractivity contribution in [3.05, 3.63) is 143 Å². The Kier molecular flexibility index (Phi) is 7.45. The fourth-order valence-electron chi connectivity index (χ4n) is 6.93. The van der Waals surface area contributed by atoms with Crippen LogP contribution in [-0.4, -0.2) is 9.97 Å². The molecule has 3 heterocycles. The topological polar surface area (TPSA) is 38.9 Å². The van der Waals surface area contributed by atoms with Crippen molar-refractivity contribution < 1.29 is 45.1 Å². The summed E-state index contributed by atoms with van der Waals surface area (Å²) in [4.78, 5) is 8.78. The van der Waals surface area contributed by atoms with Crippen LogP contribution < -0.4 is 0 Å². The standard InChI is InChI=1S/C34H34NO.C17H20N.Ir/c1-21-8-6-9-27-28-10-7-11-29(33(28)36-32(21)27)31-19-30(23(3)20-35-31)26-13-12-25(18-22(26)2)24-14-16-34(4,5)17-15-24;1-13-5-8-15(9-6-13)16-10-7-14(12-18-16)11-17(2,3)4;/h6-10,12-13,18-20,24H,14-17H2,1-5H3;5-8,10,12H,11H2,1-4H3;/q2*-1;/i1D3,2D3,3D3,24D;1D3,11D2;. The van der Waals surface area contributed by atoms with Crippen molar-refractivity contribution in [2.75, 3.05) is 0 Å². The van der Waals surface area contributed by atoms with Gasteiger partial charge in [0.2, 0.25) is 0 Å². The molecule has 3 nitrogen and oxygen atoms in total. The van der Waals surface area contributed by atoms with Crippen molar-refractivity contribution in [2.24, 2.45) is 10.8 Å². The Morgan fingerprint density at radius 2 is 1.58 bits per heavy atom. The largest absolute Gasteiger partial charge is 0.500 e. The zero-order valence-corrected chi connectivity index (χ0v) is 34.1. The van der Waals surface area contributed by atoms with Crippen molar-refractivity contribution in [2.45, 2.75) is 100.0 Å². The summed E-state index contributed by atoms with van der Waals surface area (Å²) in [5, 5.41) is 1.25. The first kappa shape index (κ1) is 25.0. The molecule has 7 aromatic rings. The van der Waals surface area contributed by atoms with Gasteiger partial charge in [0.05, 0.1) is 5.58 Å². The van der Waals surface area contributed by atoms with Crippen LogP contribution in [0.4, 0.5) is 0 Å². The van der Waals surface area contributed by atoms with Crippen molar-refractivity contribution in [3.8, 4) is 33.6 Å². The van der Waals surface area contributed by atoms with E-state index in [0.29, 0.717) is 57.1 Å². The average Bonchev–Trinajstić information content (AvgIpc) is 3.65. The van der Waals surface area contributed by atoms with Crippen LogP contribution in [0.1, 0.15) is 120 Å². The van der Waals surface area contributed by atoms with E-state index < -0.39 is 45.1 Å². The third-order valence-electron chi connectivity index (χ3n) is 9.92. The maximum Gasteiger partial charge on any atom is 0.123 e. The van der Waals surface area contributed by atoms with Gasteiger partial charge in [-0.05, 0) is 120 Å². The Hall–Kier alpha value is -4.37. The van der Waals surface area contributed by atoms with Gasteiger partial charge in [0.1, 0.15) is 5.58 Å². The van der Waals surface area contributed by atoms with Crippen molar-refractivity contribution in [3.63, 3.8) is 0 Å². The summed E-state index contributed by atoms with van der Waals surface area (Å²) in [6, 6.07) is 29.0. The zero-order valence-electron chi connectivity index (χ0n) is 46.7. The molecule has 0 saturated heterocycles. The summed E-state index contributed by atoms with van der Waals surface area (Å²) >= 11 is 0. The van der Waals surface area contributed by atoms with Gasteiger partial charge in [-0.2, -0.15) is 0 Å². The van der Waals surface area contributed by atoms with Crippen LogP contribution in [0.3, 0.4) is 0 Å². The van der Waals surface area contributed by atoms with Crippen LogP contribution in [0.15, 0.2) is 102 Å². The molecule has 1 fully saturated rings. The van der Waals surface area contributed by atoms with E-state index in [4.69, 9.17) is 23.6 Å². The first-order valence-corrected chi connectivity index (χ1v) is 18.2. The van der Waals surface area contributed by atoms with E-state index in [1.54, 1.807) is 66.7 Å². The summed E-state index contributed by atoms with van der Waals surface area (Å²) in [5.41, 5.74) is 3.79. The van der Waals surface area contributed by atoms with E-state index in [0.717, 1.165) is 12.8 Å². The number of para-hydroxylation sites is 1. The molecule has 1 aliphatic carbocycles. The number of furan rings is 1. The molecule has 1 saturated carbocycles. The smallest absolute Gasteiger partial charge is 0.123 e. The number of rotatable bonds is 5. The summed E-state index contributed by atoms with van der Waals surface area (Å²) in [6.07, 6.45) is 4.15. The van der Waals surface area contributed by atoms with Crippen LogP contribution in [0.25, 0.3) is 55.6 Å². The third kappa shape index (κ3) is 9.20. The number of hydrogen-bond donors (Lipinski definition) is 0.